The molecule has 8 heteroatoms. The maximum atomic E-state index is 12.4. The third-order valence-electron chi connectivity index (χ3n) is 4.22. The van der Waals surface area contributed by atoms with Crippen molar-refractivity contribution in [1.82, 2.24) is 25.1 Å². The van der Waals surface area contributed by atoms with Crippen molar-refractivity contribution in [1.29, 1.82) is 0 Å². The molecule has 2 heterocycles. The third kappa shape index (κ3) is 3.39. The molecule has 1 N–H and O–H groups in total. The Morgan fingerprint density at radius 2 is 2.00 bits per heavy atom. The fraction of sp³-hybridized carbons (Fsp3) is 0.294. The molecule has 0 aliphatic heterocycles. The van der Waals surface area contributed by atoms with Gasteiger partial charge >= 0.3 is 5.69 Å². The van der Waals surface area contributed by atoms with Gasteiger partial charge in [-0.2, -0.15) is 9.36 Å². The van der Waals surface area contributed by atoms with Crippen LogP contribution in [0.3, 0.4) is 0 Å². The number of aromatic nitrogens is 4. The summed E-state index contributed by atoms with van der Waals surface area (Å²) >= 11 is 1.39. The molecule has 128 valence electrons. The van der Waals surface area contributed by atoms with Gasteiger partial charge in [0.1, 0.15) is 11.5 Å². The molecule has 1 fully saturated rings. The Morgan fingerprint density at radius 1 is 1.20 bits per heavy atom. The molecule has 0 saturated heterocycles. The zero-order chi connectivity index (χ0) is 17.2. The van der Waals surface area contributed by atoms with Gasteiger partial charge in [-0.05, 0) is 52.3 Å². The second kappa shape index (κ2) is 6.64. The Bertz CT molecular complexity index is 912. The van der Waals surface area contributed by atoms with Crippen LogP contribution in [0.2, 0.25) is 0 Å². The van der Waals surface area contributed by atoms with Gasteiger partial charge < -0.3 is 5.32 Å². The minimum absolute atomic E-state index is 0.0169. The van der Waals surface area contributed by atoms with Gasteiger partial charge in [0.25, 0.3) is 0 Å². The summed E-state index contributed by atoms with van der Waals surface area (Å²) in [6.07, 6.45) is 2.21. The van der Waals surface area contributed by atoms with Crippen LogP contribution in [0.4, 0.5) is 0 Å². The van der Waals surface area contributed by atoms with Gasteiger partial charge in [0.15, 0.2) is 0 Å². The second-order valence-electron chi connectivity index (χ2n) is 6.08. The van der Waals surface area contributed by atoms with E-state index >= 15 is 0 Å². The lowest BCUT2D eigenvalue weighted by molar-refractivity contribution is -0.122. The van der Waals surface area contributed by atoms with Crippen molar-refractivity contribution in [3.8, 4) is 5.00 Å². The smallest absolute Gasteiger partial charge is 0.347 e. The number of carbonyl (C=O) groups is 1. The summed E-state index contributed by atoms with van der Waals surface area (Å²) in [5.41, 5.74) is 0.674. The summed E-state index contributed by atoms with van der Waals surface area (Å²) in [4.78, 5) is 24.8. The van der Waals surface area contributed by atoms with E-state index in [0.29, 0.717) is 10.9 Å². The molecular formula is C17H17N5O2S. The molecule has 0 bridgehead atoms. The number of rotatable bonds is 6. The molecule has 25 heavy (non-hydrogen) atoms. The minimum atomic E-state index is -0.416. The van der Waals surface area contributed by atoms with Crippen molar-refractivity contribution in [2.75, 3.05) is 0 Å². The molecule has 1 unspecified atom stereocenters. The van der Waals surface area contributed by atoms with Crippen LogP contribution in [0.15, 0.2) is 52.6 Å². The number of nitrogens with zero attached hydrogens (tertiary/aromatic N) is 4. The highest BCUT2D eigenvalue weighted by Gasteiger charge is 2.33. The van der Waals surface area contributed by atoms with E-state index in [1.807, 2.05) is 41.8 Å². The van der Waals surface area contributed by atoms with Gasteiger partial charge in [0, 0.05) is 0 Å². The molecule has 0 radical (unpaired) electrons. The predicted molar refractivity (Wildman–Crippen MR) is 93.5 cm³/mol. The largest absolute Gasteiger partial charge is 0.369 e. The number of tetrazole rings is 1. The summed E-state index contributed by atoms with van der Waals surface area (Å²) in [5.74, 6) is 0.228. The third-order valence-corrected chi connectivity index (χ3v) is 5.06. The van der Waals surface area contributed by atoms with Crippen LogP contribution in [-0.4, -0.2) is 25.7 Å². The van der Waals surface area contributed by atoms with Crippen molar-refractivity contribution in [3.05, 3.63) is 63.9 Å². The Hall–Kier alpha value is -2.74. The van der Waals surface area contributed by atoms with E-state index in [1.165, 1.54) is 16.0 Å². The first-order valence-electron chi connectivity index (χ1n) is 8.13. The Morgan fingerprint density at radius 3 is 2.68 bits per heavy atom. The molecule has 7 nitrogen and oxygen atoms in total. The SMILES string of the molecule is O=C(Cn1nnn(-c2cccs2)c1=O)NC(c1ccccc1)C1CC1. The number of hydrogen-bond acceptors (Lipinski definition) is 5. The number of benzene rings is 1. The van der Waals surface area contributed by atoms with Crippen LogP contribution >= 0.6 is 11.3 Å². The van der Waals surface area contributed by atoms with Crippen molar-refractivity contribution >= 4 is 17.2 Å². The van der Waals surface area contributed by atoms with E-state index < -0.39 is 5.69 Å². The molecule has 1 aliphatic carbocycles. The minimum Gasteiger partial charge on any atom is -0.347 e. The summed E-state index contributed by atoms with van der Waals surface area (Å²) in [7, 11) is 0. The predicted octanol–water partition coefficient (Wildman–Crippen LogP) is 1.76. The lowest BCUT2D eigenvalue weighted by atomic mass is 10.0. The van der Waals surface area contributed by atoms with E-state index in [9.17, 15) is 9.59 Å². The molecule has 3 aromatic rings. The molecule has 2 aromatic heterocycles. The van der Waals surface area contributed by atoms with E-state index in [0.717, 1.165) is 23.1 Å². The van der Waals surface area contributed by atoms with Crippen molar-refractivity contribution in [2.45, 2.75) is 25.4 Å². The van der Waals surface area contributed by atoms with Gasteiger partial charge in [0.2, 0.25) is 5.91 Å². The maximum absolute atomic E-state index is 12.4. The Kier molecular flexibility index (Phi) is 4.19. The van der Waals surface area contributed by atoms with Crippen LogP contribution in [0.1, 0.15) is 24.4 Å². The fourth-order valence-corrected chi connectivity index (χ4v) is 3.49. The summed E-state index contributed by atoms with van der Waals surface area (Å²) in [5, 5.41) is 13.2. The van der Waals surface area contributed by atoms with Gasteiger partial charge in [-0.15, -0.1) is 11.3 Å². The average molecular weight is 355 g/mol. The summed E-state index contributed by atoms with van der Waals surface area (Å²) in [6.45, 7) is -0.139. The number of thiophene rings is 1. The highest BCUT2D eigenvalue weighted by Crippen LogP contribution is 2.40. The average Bonchev–Trinajstić information content (AvgIpc) is 3.21. The number of carbonyl (C=O) groups excluding carboxylic acids is 1. The zero-order valence-corrected chi connectivity index (χ0v) is 14.2. The normalized spacial score (nSPS) is 15.0. The van der Waals surface area contributed by atoms with E-state index in [1.54, 1.807) is 6.07 Å². The van der Waals surface area contributed by atoms with Gasteiger partial charge in [-0.25, -0.2) is 4.79 Å². The molecule has 4 rings (SSSR count). The van der Waals surface area contributed by atoms with Gasteiger partial charge in [-0.1, -0.05) is 30.3 Å². The topological polar surface area (TPSA) is 81.8 Å². The van der Waals surface area contributed by atoms with Crippen LogP contribution < -0.4 is 11.0 Å². The Labute approximate surface area is 147 Å². The molecule has 1 aliphatic rings. The first kappa shape index (κ1) is 15.8. The molecule has 0 spiro atoms. The highest BCUT2D eigenvalue weighted by molar-refractivity contribution is 7.12. The van der Waals surface area contributed by atoms with E-state index in [4.69, 9.17) is 0 Å². The van der Waals surface area contributed by atoms with Gasteiger partial charge in [-0.3, -0.25) is 4.79 Å². The fourth-order valence-electron chi connectivity index (χ4n) is 2.82. The van der Waals surface area contributed by atoms with Crippen LogP contribution in [0.5, 0.6) is 0 Å². The number of hydrogen-bond donors (Lipinski definition) is 1. The first-order valence-corrected chi connectivity index (χ1v) is 9.01. The monoisotopic (exact) mass is 355 g/mol. The van der Waals surface area contributed by atoms with Crippen LogP contribution in [-0.2, 0) is 11.3 Å². The van der Waals surface area contributed by atoms with E-state index in [2.05, 4.69) is 15.7 Å². The quantitative estimate of drug-likeness (QED) is 0.730. The number of nitrogens with one attached hydrogen (secondary N) is 1. The van der Waals surface area contributed by atoms with Crippen molar-refractivity contribution in [3.63, 3.8) is 0 Å². The van der Waals surface area contributed by atoms with Gasteiger partial charge in [0.05, 0.1) is 6.04 Å². The maximum Gasteiger partial charge on any atom is 0.369 e. The molecular weight excluding hydrogens is 338 g/mol. The van der Waals surface area contributed by atoms with E-state index in [-0.39, 0.29) is 18.5 Å². The number of amides is 1. The Balaban J connectivity index is 1.48. The van der Waals surface area contributed by atoms with Crippen molar-refractivity contribution in [2.24, 2.45) is 5.92 Å². The lowest BCUT2D eigenvalue weighted by Crippen LogP contribution is -2.36. The molecule has 1 amide bonds. The summed E-state index contributed by atoms with van der Waals surface area (Å²) in [6, 6.07) is 13.5. The molecule has 1 atom stereocenters. The molecule has 1 aromatic carbocycles. The van der Waals surface area contributed by atoms with Crippen LogP contribution in [0, 0.1) is 5.92 Å². The van der Waals surface area contributed by atoms with Crippen LogP contribution in [0.25, 0.3) is 5.00 Å². The first-order chi connectivity index (χ1) is 12.2. The van der Waals surface area contributed by atoms with Crippen molar-refractivity contribution < 1.29 is 4.79 Å². The lowest BCUT2D eigenvalue weighted by Gasteiger charge is -2.18. The highest BCUT2D eigenvalue weighted by atomic mass is 32.1. The standard InChI is InChI=1S/C17H17N5O2S/c23-14(18-16(13-8-9-13)12-5-2-1-3-6-12)11-21-17(24)22(20-19-21)15-7-4-10-25-15/h1-7,10,13,16H,8-9,11H2,(H,18,23). The second-order valence-corrected chi connectivity index (χ2v) is 7.00. The zero-order valence-electron chi connectivity index (χ0n) is 13.4. The summed E-state index contributed by atoms with van der Waals surface area (Å²) < 4.78 is 2.29. The molecule has 1 saturated carbocycles.